The fourth-order valence-corrected chi connectivity index (χ4v) is 8.36. The highest BCUT2D eigenvalue weighted by molar-refractivity contribution is 5.99. The third-order valence-corrected chi connectivity index (χ3v) is 10.8. The summed E-state index contributed by atoms with van der Waals surface area (Å²) in [4.78, 5) is 27.0. The number of rotatable bonds is 6. The van der Waals surface area contributed by atoms with Crippen molar-refractivity contribution in [2.75, 3.05) is 21.3 Å². The van der Waals surface area contributed by atoms with Crippen molar-refractivity contribution in [1.29, 1.82) is 0 Å². The maximum atomic E-state index is 13.9. The molecule has 1 saturated carbocycles. The van der Waals surface area contributed by atoms with Gasteiger partial charge < -0.3 is 34.2 Å². The van der Waals surface area contributed by atoms with Gasteiger partial charge in [0.2, 0.25) is 0 Å². The molecule has 0 bridgehead atoms. The van der Waals surface area contributed by atoms with Crippen LogP contribution in [0.2, 0.25) is 0 Å². The van der Waals surface area contributed by atoms with Crippen LogP contribution in [0.1, 0.15) is 65.7 Å². The number of esters is 1. The van der Waals surface area contributed by atoms with E-state index in [-0.39, 0.29) is 78.4 Å². The Morgan fingerprint density at radius 3 is 2.38 bits per heavy atom. The molecule has 2 heterocycles. The summed E-state index contributed by atoms with van der Waals surface area (Å²) in [5, 5.41) is 0. The molecule has 9 heteroatoms. The monoisotopic (exact) mass is 589 g/mol. The number of ketones is 1. The minimum absolute atomic E-state index is 0.0295. The van der Waals surface area contributed by atoms with Gasteiger partial charge in [0.1, 0.15) is 24.4 Å². The zero-order valence-corrected chi connectivity index (χ0v) is 26.1. The lowest BCUT2D eigenvalue weighted by molar-refractivity contribution is -0.314. The molecule has 3 fully saturated rings. The predicted molar refractivity (Wildman–Crippen MR) is 156 cm³/mol. The summed E-state index contributed by atoms with van der Waals surface area (Å²) in [5.74, 6) is 0.293. The van der Waals surface area contributed by atoms with E-state index in [1.54, 1.807) is 21.3 Å². The fourth-order valence-electron chi connectivity index (χ4n) is 8.36. The van der Waals surface area contributed by atoms with E-state index in [0.29, 0.717) is 11.8 Å². The van der Waals surface area contributed by atoms with Crippen LogP contribution in [0.5, 0.6) is 0 Å². The average molecular weight is 590 g/mol. The Morgan fingerprint density at radius 2 is 1.69 bits per heavy atom. The molecule has 5 rings (SSSR count). The number of hydrogen-bond acceptors (Lipinski definition) is 9. The molecule has 0 spiro atoms. The van der Waals surface area contributed by atoms with Crippen molar-refractivity contribution >= 4 is 11.8 Å². The van der Waals surface area contributed by atoms with Gasteiger partial charge in [0.15, 0.2) is 12.1 Å². The maximum absolute atomic E-state index is 13.9. The van der Waals surface area contributed by atoms with Crippen LogP contribution in [0.3, 0.4) is 0 Å². The lowest BCUT2D eigenvalue weighted by atomic mass is 9.70. The summed E-state index contributed by atoms with van der Waals surface area (Å²) in [7, 11) is 4.95. The normalized spacial score (nSPS) is 46.1. The summed E-state index contributed by atoms with van der Waals surface area (Å²) >= 11 is 0. The molecule has 0 aromatic rings. The van der Waals surface area contributed by atoms with E-state index in [1.165, 1.54) is 0 Å². The number of allylic oxidation sites excluding steroid dienone is 4. The van der Waals surface area contributed by atoms with Gasteiger partial charge in [-0.15, -0.1) is 0 Å². The van der Waals surface area contributed by atoms with Gasteiger partial charge in [0, 0.05) is 39.2 Å². The number of ether oxygens (including phenoxy) is 6. The molecular formula is C33H51NO8. The van der Waals surface area contributed by atoms with Crippen molar-refractivity contribution in [1.82, 2.24) is 0 Å². The summed E-state index contributed by atoms with van der Waals surface area (Å²) in [6, 6.07) is -0.206. The summed E-state index contributed by atoms with van der Waals surface area (Å²) in [5.41, 5.74) is 7.30. The molecule has 5 aliphatic rings. The van der Waals surface area contributed by atoms with Gasteiger partial charge in [-0.2, -0.15) is 0 Å². The highest BCUT2D eigenvalue weighted by atomic mass is 16.7. The molecule has 6 unspecified atom stereocenters. The minimum Gasteiger partial charge on any atom is -0.462 e. The van der Waals surface area contributed by atoms with Crippen LogP contribution in [0.15, 0.2) is 23.8 Å². The van der Waals surface area contributed by atoms with E-state index < -0.39 is 12.4 Å². The van der Waals surface area contributed by atoms with E-state index >= 15 is 0 Å². The van der Waals surface area contributed by atoms with Crippen LogP contribution in [-0.2, 0) is 38.0 Å². The molecule has 2 saturated heterocycles. The van der Waals surface area contributed by atoms with Gasteiger partial charge in [-0.25, -0.2) is 0 Å². The Kier molecular flexibility index (Phi) is 10.3. The van der Waals surface area contributed by atoms with Crippen LogP contribution < -0.4 is 5.73 Å². The molecule has 2 N–H and O–H groups in total. The van der Waals surface area contributed by atoms with Crippen molar-refractivity contribution in [3.8, 4) is 0 Å². The summed E-state index contributed by atoms with van der Waals surface area (Å²) in [6.45, 7) is 5.97. The molecule has 2 aliphatic heterocycles. The first-order valence-electron chi connectivity index (χ1n) is 16.0. The molecule has 9 nitrogen and oxygen atoms in total. The number of methoxy groups -OCH3 is 3. The molecule has 14 atom stereocenters. The van der Waals surface area contributed by atoms with Crippen LogP contribution in [0.4, 0.5) is 0 Å². The SMILES string of the molecule is CC[C@H]1CCCC(N)[C@@H](C)C(=O)C2=C[C@@H]3[C@@H](C=C[C@@H]4C[C@@H](OC5OC(C)C(OC)C(OC)C5OC)C[C@@H]34)[C@@H]2CC(=O)O1. The zero-order valence-electron chi connectivity index (χ0n) is 26.1. The van der Waals surface area contributed by atoms with Crippen molar-refractivity contribution < 1.29 is 38.0 Å². The molecule has 0 aromatic heterocycles. The maximum Gasteiger partial charge on any atom is 0.306 e. The van der Waals surface area contributed by atoms with Gasteiger partial charge in [-0.05, 0) is 74.7 Å². The van der Waals surface area contributed by atoms with Crippen LogP contribution in [0.25, 0.3) is 0 Å². The number of carbonyl (C=O) groups is 2. The van der Waals surface area contributed by atoms with E-state index in [4.69, 9.17) is 34.2 Å². The fraction of sp³-hybridized carbons (Fsp3) is 0.818. The van der Waals surface area contributed by atoms with Crippen molar-refractivity contribution in [2.24, 2.45) is 41.2 Å². The first-order valence-corrected chi connectivity index (χ1v) is 16.0. The van der Waals surface area contributed by atoms with Gasteiger partial charge in [0.05, 0.1) is 18.6 Å². The van der Waals surface area contributed by atoms with E-state index in [9.17, 15) is 9.59 Å². The first-order chi connectivity index (χ1) is 20.2. The van der Waals surface area contributed by atoms with Crippen molar-refractivity contribution in [3.05, 3.63) is 23.8 Å². The topological polar surface area (TPSA) is 116 Å². The molecule has 42 heavy (non-hydrogen) atoms. The van der Waals surface area contributed by atoms with Gasteiger partial charge in [-0.3, -0.25) is 9.59 Å². The highest BCUT2D eigenvalue weighted by Crippen LogP contribution is 2.54. The smallest absolute Gasteiger partial charge is 0.306 e. The number of hydrogen-bond donors (Lipinski definition) is 1. The average Bonchev–Trinajstić information content (AvgIpc) is 3.55. The molecule has 0 amide bonds. The molecule has 236 valence electrons. The number of carbonyl (C=O) groups excluding carboxylic acids is 2. The first kappa shape index (κ1) is 31.8. The minimum atomic E-state index is -0.576. The third-order valence-electron chi connectivity index (χ3n) is 10.8. The quantitative estimate of drug-likeness (QED) is 0.363. The number of cyclic esters (lactones) is 1. The lowest BCUT2D eigenvalue weighted by Gasteiger charge is -2.44. The predicted octanol–water partition coefficient (Wildman–Crippen LogP) is 3.97. The molecule has 0 radical (unpaired) electrons. The van der Waals surface area contributed by atoms with Crippen LogP contribution in [-0.4, -0.2) is 82.0 Å². The Hall–Kier alpha value is -1.62. The standard InChI is InChI=1S/C33H51NO8/c1-7-20-9-8-10-27(34)17(2)29(36)26-15-24-22(25(26)16-28(35)41-20)12-11-19-13-21(14-23(19)24)42-33-32(39-6)31(38-5)30(37-4)18(3)40-33/h11-12,15,17-25,27,30-33H,7-10,13-14,16,34H2,1-6H3/t17-,18?,19-,20+,21-,22-,23-,24-,25+,27?,30?,31?,32?,33?/m1/s1. The molecule has 0 aromatic carbocycles. The van der Waals surface area contributed by atoms with E-state index in [2.05, 4.69) is 25.2 Å². The highest BCUT2D eigenvalue weighted by Gasteiger charge is 2.52. The van der Waals surface area contributed by atoms with Gasteiger partial charge >= 0.3 is 5.97 Å². The van der Waals surface area contributed by atoms with Crippen LogP contribution >= 0.6 is 0 Å². The van der Waals surface area contributed by atoms with Crippen molar-refractivity contribution in [3.63, 3.8) is 0 Å². The Labute approximate surface area is 250 Å². The number of nitrogens with two attached hydrogens (primary N) is 1. The summed E-state index contributed by atoms with van der Waals surface area (Å²) in [6.07, 6.45) is 9.89. The molecule has 3 aliphatic carbocycles. The van der Waals surface area contributed by atoms with Gasteiger partial charge in [0.25, 0.3) is 0 Å². The Morgan fingerprint density at radius 1 is 0.952 bits per heavy atom. The Bertz CT molecular complexity index is 1030. The second-order valence-electron chi connectivity index (χ2n) is 13.1. The van der Waals surface area contributed by atoms with E-state index in [0.717, 1.165) is 44.1 Å². The Balaban J connectivity index is 1.34. The second kappa shape index (κ2) is 13.6. The zero-order chi connectivity index (χ0) is 30.1. The van der Waals surface area contributed by atoms with Crippen LogP contribution in [0, 0.1) is 35.5 Å². The van der Waals surface area contributed by atoms with E-state index in [1.807, 2.05) is 13.8 Å². The molecular weight excluding hydrogens is 538 g/mol. The van der Waals surface area contributed by atoms with Gasteiger partial charge in [-0.1, -0.05) is 32.1 Å². The second-order valence-corrected chi connectivity index (χ2v) is 13.1. The summed E-state index contributed by atoms with van der Waals surface area (Å²) < 4.78 is 36.0. The third kappa shape index (κ3) is 6.15. The number of fused-ring (bicyclic) bond motifs is 5. The van der Waals surface area contributed by atoms with Crippen molar-refractivity contribution in [2.45, 2.75) is 115 Å². The lowest BCUT2D eigenvalue weighted by Crippen LogP contribution is -2.59. The largest absolute Gasteiger partial charge is 0.462 e. The number of Topliss-reactive ketones (excluding diaryl/α,β-unsaturated/α-hetero) is 1.